The third-order valence-electron chi connectivity index (χ3n) is 4.41. The quantitative estimate of drug-likeness (QED) is 0.779. The minimum atomic E-state index is 0.416. The molecular weight excluding hydrogens is 276 g/mol. The van der Waals surface area contributed by atoms with Gasteiger partial charge < -0.3 is 9.72 Å². The van der Waals surface area contributed by atoms with Gasteiger partial charge in [0.15, 0.2) is 0 Å². The van der Waals surface area contributed by atoms with Gasteiger partial charge in [0.2, 0.25) is 0 Å². The molecule has 0 amide bonds. The molecular formula is C17H18N4O. The Morgan fingerprint density at radius 2 is 2.23 bits per heavy atom. The summed E-state index contributed by atoms with van der Waals surface area (Å²) in [5.41, 5.74) is 4.62. The van der Waals surface area contributed by atoms with Gasteiger partial charge in [0, 0.05) is 18.0 Å². The number of fused-ring (bicyclic) bond motifs is 1. The van der Waals surface area contributed by atoms with Crippen LogP contribution in [-0.4, -0.2) is 26.8 Å². The smallest absolute Gasteiger partial charge is 0.122 e. The van der Waals surface area contributed by atoms with Crippen molar-refractivity contribution in [1.29, 1.82) is 0 Å². The molecule has 112 valence electrons. The van der Waals surface area contributed by atoms with Crippen LogP contribution in [0.15, 0.2) is 43.1 Å². The van der Waals surface area contributed by atoms with E-state index in [4.69, 9.17) is 4.74 Å². The van der Waals surface area contributed by atoms with Crippen molar-refractivity contribution < 1.29 is 4.74 Å². The maximum absolute atomic E-state index is 5.91. The molecule has 0 saturated heterocycles. The molecule has 0 aliphatic carbocycles. The van der Waals surface area contributed by atoms with Crippen LogP contribution in [0.1, 0.15) is 24.1 Å². The van der Waals surface area contributed by atoms with E-state index >= 15 is 0 Å². The number of hydrogen-bond donors (Lipinski definition) is 2. The zero-order chi connectivity index (χ0) is 14.9. The number of benzene rings is 1. The molecule has 22 heavy (non-hydrogen) atoms. The highest BCUT2D eigenvalue weighted by molar-refractivity contribution is 5.65. The lowest BCUT2D eigenvalue weighted by Crippen LogP contribution is -2.25. The van der Waals surface area contributed by atoms with E-state index in [1.165, 1.54) is 5.56 Å². The second-order valence-corrected chi connectivity index (χ2v) is 5.90. The van der Waals surface area contributed by atoms with E-state index in [0.29, 0.717) is 11.8 Å². The van der Waals surface area contributed by atoms with Gasteiger partial charge in [0.1, 0.15) is 5.75 Å². The minimum absolute atomic E-state index is 0.416. The van der Waals surface area contributed by atoms with Gasteiger partial charge >= 0.3 is 0 Å². The van der Waals surface area contributed by atoms with Crippen LogP contribution in [0, 0.1) is 5.92 Å². The summed E-state index contributed by atoms with van der Waals surface area (Å²) in [4.78, 5) is 7.42. The van der Waals surface area contributed by atoms with Crippen molar-refractivity contribution in [3.63, 3.8) is 0 Å². The molecule has 0 unspecified atom stereocenters. The Kier molecular flexibility index (Phi) is 3.18. The predicted octanol–water partition coefficient (Wildman–Crippen LogP) is 3.15. The number of rotatable bonds is 3. The zero-order valence-corrected chi connectivity index (χ0v) is 12.4. The first kappa shape index (κ1) is 13.1. The summed E-state index contributed by atoms with van der Waals surface area (Å²) in [6, 6.07) is 6.39. The highest BCUT2D eigenvalue weighted by Crippen LogP contribution is 2.40. The third-order valence-corrected chi connectivity index (χ3v) is 4.41. The van der Waals surface area contributed by atoms with Crippen molar-refractivity contribution in [2.45, 2.75) is 19.3 Å². The number of H-pyrrole nitrogens is 2. The average Bonchev–Trinajstić information content (AvgIpc) is 3.23. The van der Waals surface area contributed by atoms with E-state index in [1.807, 2.05) is 18.6 Å². The summed E-state index contributed by atoms with van der Waals surface area (Å²) in [6.07, 6.45) is 8.40. The van der Waals surface area contributed by atoms with Gasteiger partial charge in [-0.3, -0.25) is 5.10 Å². The van der Waals surface area contributed by atoms with Crippen molar-refractivity contribution in [3.8, 4) is 16.9 Å². The summed E-state index contributed by atoms with van der Waals surface area (Å²) in [5.74, 6) is 1.87. The van der Waals surface area contributed by atoms with Crippen LogP contribution in [0.3, 0.4) is 0 Å². The molecule has 3 heterocycles. The van der Waals surface area contributed by atoms with E-state index in [0.717, 1.165) is 35.6 Å². The topological polar surface area (TPSA) is 66.6 Å². The Balaban J connectivity index is 1.73. The van der Waals surface area contributed by atoms with E-state index < -0.39 is 0 Å². The third kappa shape index (κ3) is 2.28. The fourth-order valence-corrected chi connectivity index (χ4v) is 3.14. The van der Waals surface area contributed by atoms with E-state index in [-0.39, 0.29) is 0 Å². The van der Waals surface area contributed by atoms with Crippen LogP contribution in [-0.2, 0) is 6.42 Å². The molecule has 0 spiro atoms. The fourth-order valence-electron chi connectivity index (χ4n) is 3.14. The Morgan fingerprint density at radius 3 is 3.00 bits per heavy atom. The first-order valence-electron chi connectivity index (χ1n) is 7.55. The SMILES string of the molecule is C[C@H]1COc2ccc(-c3cn[nH]c3)cc2[C@H]1Cc1c[nH]cn1. The molecule has 2 N–H and O–H groups in total. The maximum atomic E-state index is 5.91. The summed E-state index contributed by atoms with van der Waals surface area (Å²) in [5, 5.41) is 6.90. The van der Waals surface area contributed by atoms with Crippen LogP contribution in [0.5, 0.6) is 5.75 Å². The zero-order valence-electron chi connectivity index (χ0n) is 12.4. The molecule has 2 atom stereocenters. The number of hydrogen-bond acceptors (Lipinski definition) is 3. The number of nitrogens with zero attached hydrogens (tertiary/aromatic N) is 2. The second kappa shape index (κ2) is 5.33. The standard InChI is InChI=1S/C17H18N4O/c1-11-9-22-17-3-2-12(13-6-20-21-7-13)4-16(17)15(11)5-14-8-18-10-19-14/h2-4,6-8,10-11,15H,5,9H2,1H3,(H,18,19)(H,20,21)/t11-,15-/m0/s1. The largest absolute Gasteiger partial charge is 0.493 e. The first-order chi connectivity index (χ1) is 10.8. The average molecular weight is 294 g/mol. The molecule has 0 fully saturated rings. The van der Waals surface area contributed by atoms with Crippen molar-refractivity contribution >= 4 is 0 Å². The Hall–Kier alpha value is -2.56. The number of aromatic nitrogens is 4. The summed E-state index contributed by atoms with van der Waals surface area (Å²) in [6.45, 7) is 3.00. The molecule has 1 aliphatic rings. The Bertz CT molecular complexity index is 749. The molecule has 0 saturated carbocycles. The monoisotopic (exact) mass is 294 g/mol. The highest BCUT2D eigenvalue weighted by Gasteiger charge is 2.29. The van der Waals surface area contributed by atoms with Gasteiger partial charge in [-0.1, -0.05) is 13.0 Å². The highest BCUT2D eigenvalue weighted by atomic mass is 16.5. The normalized spacial score (nSPS) is 20.4. The van der Waals surface area contributed by atoms with Crippen LogP contribution in [0.25, 0.3) is 11.1 Å². The number of ether oxygens (including phenoxy) is 1. The van der Waals surface area contributed by atoms with Crippen LogP contribution in [0.4, 0.5) is 0 Å². The van der Waals surface area contributed by atoms with Crippen LogP contribution >= 0.6 is 0 Å². The summed E-state index contributed by atoms with van der Waals surface area (Å²) >= 11 is 0. The lowest BCUT2D eigenvalue weighted by Gasteiger charge is -2.31. The van der Waals surface area contributed by atoms with Gasteiger partial charge in [-0.25, -0.2) is 4.98 Å². The van der Waals surface area contributed by atoms with Crippen molar-refractivity contribution in [2.24, 2.45) is 5.92 Å². The molecule has 0 radical (unpaired) electrons. The van der Waals surface area contributed by atoms with Crippen molar-refractivity contribution in [3.05, 3.63) is 54.4 Å². The van der Waals surface area contributed by atoms with Crippen LogP contribution in [0.2, 0.25) is 0 Å². The summed E-state index contributed by atoms with van der Waals surface area (Å²) in [7, 11) is 0. The maximum Gasteiger partial charge on any atom is 0.122 e. The fraction of sp³-hybridized carbons (Fsp3) is 0.294. The molecule has 3 aromatic rings. The Labute approximate surface area is 128 Å². The first-order valence-corrected chi connectivity index (χ1v) is 7.55. The molecule has 0 bridgehead atoms. The van der Waals surface area contributed by atoms with Gasteiger partial charge in [0.05, 0.1) is 24.8 Å². The van der Waals surface area contributed by atoms with Crippen molar-refractivity contribution in [2.75, 3.05) is 6.61 Å². The minimum Gasteiger partial charge on any atom is -0.493 e. The molecule has 5 nitrogen and oxygen atoms in total. The van der Waals surface area contributed by atoms with Gasteiger partial charge in [-0.05, 0) is 41.5 Å². The van der Waals surface area contributed by atoms with Crippen molar-refractivity contribution in [1.82, 2.24) is 20.2 Å². The lowest BCUT2D eigenvalue weighted by atomic mass is 9.81. The molecule has 1 aromatic carbocycles. The van der Waals surface area contributed by atoms with E-state index in [2.05, 4.69) is 45.3 Å². The van der Waals surface area contributed by atoms with Gasteiger partial charge in [0.25, 0.3) is 0 Å². The van der Waals surface area contributed by atoms with Gasteiger partial charge in [-0.15, -0.1) is 0 Å². The molecule has 2 aromatic heterocycles. The number of nitrogens with one attached hydrogen (secondary N) is 2. The second-order valence-electron chi connectivity index (χ2n) is 5.90. The van der Waals surface area contributed by atoms with E-state index in [9.17, 15) is 0 Å². The molecule has 4 rings (SSSR count). The van der Waals surface area contributed by atoms with E-state index in [1.54, 1.807) is 6.33 Å². The van der Waals surface area contributed by atoms with Crippen LogP contribution < -0.4 is 4.74 Å². The summed E-state index contributed by atoms with van der Waals surface area (Å²) < 4.78 is 5.91. The molecule has 1 aliphatic heterocycles. The lowest BCUT2D eigenvalue weighted by molar-refractivity contribution is 0.204. The predicted molar refractivity (Wildman–Crippen MR) is 83.7 cm³/mol. The van der Waals surface area contributed by atoms with Gasteiger partial charge in [-0.2, -0.15) is 5.10 Å². The number of aromatic amines is 2. The Morgan fingerprint density at radius 1 is 1.27 bits per heavy atom. The number of imidazole rings is 1. The molecule has 5 heteroatoms.